The summed E-state index contributed by atoms with van der Waals surface area (Å²) in [5.74, 6) is 0. The van der Waals surface area contributed by atoms with Gasteiger partial charge in [-0.05, 0) is 34.7 Å². The van der Waals surface area contributed by atoms with E-state index in [1.165, 1.54) is 16.5 Å². The van der Waals surface area contributed by atoms with Crippen molar-refractivity contribution < 1.29 is 0 Å². The largest absolute Gasteiger partial charge is 0.270 e. The van der Waals surface area contributed by atoms with Gasteiger partial charge in [-0.25, -0.2) is 0 Å². The van der Waals surface area contributed by atoms with Crippen molar-refractivity contribution in [1.82, 2.24) is 14.6 Å². The lowest BCUT2D eigenvalue weighted by molar-refractivity contribution is 0.933. The Labute approximate surface area is 161 Å². The maximum atomic E-state index is 4.51. The molecule has 0 spiro atoms. The summed E-state index contributed by atoms with van der Waals surface area (Å²) in [7, 11) is 0. The lowest BCUT2D eigenvalue weighted by Gasteiger charge is -2.17. The third-order valence-corrected chi connectivity index (χ3v) is 5.93. The number of rotatable bonds is 4. The molecule has 0 aliphatic carbocycles. The molecule has 2 aromatic heterocycles. The van der Waals surface area contributed by atoms with E-state index in [0.717, 1.165) is 16.3 Å². The highest BCUT2D eigenvalue weighted by Gasteiger charge is 2.19. The van der Waals surface area contributed by atoms with Gasteiger partial charge >= 0.3 is 0 Å². The van der Waals surface area contributed by atoms with Gasteiger partial charge in [0.1, 0.15) is 0 Å². The van der Waals surface area contributed by atoms with Crippen LogP contribution in [0.25, 0.3) is 16.6 Å². The Balaban J connectivity index is 1.66. The maximum Gasteiger partial charge on any atom is 0.197 e. The molecule has 0 fully saturated rings. The molecular weight excluding hydrogens is 350 g/mol. The number of aromatic nitrogens is 3. The van der Waals surface area contributed by atoms with Crippen molar-refractivity contribution in [3.05, 3.63) is 108 Å². The van der Waals surface area contributed by atoms with E-state index in [-0.39, 0.29) is 5.25 Å². The average Bonchev–Trinajstić information content (AvgIpc) is 3.17. The van der Waals surface area contributed by atoms with Gasteiger partial charge in [0.2, 0.25) is 0 Å². The first kappa shape index (κ1) is 16.1. The van der Waals surface area contributed by atoms with Crippen LogP contribution in [0.1, 0.15) is 16.4 Å². The summed E-state index contributed by atoms with van der Waals surface area (Å²) < 4.78 is 2.15. The zero-order valence-electron chi connectivity index (χ0n) is 14.6. The highest BCUT2D eigenvalue weighted by atomic mass is 32.2. The number of hydrogen-bond donors (Lipinski definition) is 0. The number of hydrogen-bond acceptors (Lipinski definition) is 3. The molecule has 0 atom stereocenters. The third kappa shape index (κ3) is 2.98. The van der Waals surface area contributed by atoms with E-state index in [2.05, 4.69) is 106 Å². The Morgan fingerprint density at radius 1 is 0.630 bits per heavy atom. The second-order valence-electron chi connectivity index (χ2n) is 6.39. The fraction of sp³-hybridized carbons (Fsp3) is 0.0435. The lowest BCUT2D eigenvalue weighted by Crippen LogP contribution is -1.99. The highest BCUT2D eigenvalue weighted by molar-refractivity contribution is 7.99. The van der Waals surface area contributed by atoms with Crippen molar-refractivity contribution in [1.29, 1.82) is 0 Å². The molecular formula is C23H17N3S. The summed E-state index contributed by atoms with van der Waals surface area (Å²) in [6.07, 6.45) is 0. The minimum atomic E-state index is 0.152. The molecule has 0 N–H and O–H groups in total. The van der Waals surface area contributed by atoms with Crippen LogP contribution in [-0.2, 0) is 0 Å². The van der Waals surface area contributed by atoms with Crippen LogP contribution in [0.15, 0.2) is 102 Å². The monoisotopic (exact) mass is 367 g/mol. The Hall–Kier alpha value is -3.11. The molecule has 27 heavy (non-hydrogen) atoms. The van der Waals surface area contributed by atoms with Crippen LogP contribution in [0.5, 0.6) is 0 Å². The first-order chi connectivity index (χ1) is 13.4. The molecule has 2 heterocycles. The summed E-state index contributed by atoms with van der Waals surface area (Å²) in [4.78, 5) is 0. The Bertz CT molecular complexity index is 1160. The molecule has 3 nitrogen and oxygen atoms in total. The van der Waals surface area contributed by atoms with Gasteiger partial charge in [-0.3, -0.25) is 4.40 Å². The van der Waals surface area contributed by atoms with Gasteiger partial charge in [-0.15, -0.1) is 10.2 Å². The molecule has 0 saturated heterocycles. The normalized spacial score (nSPS) is 11.4. The summed E-state index contributed by atoms with van der Waals surface area (Å²) in [6, 6.07) is 33.6. The van der Waals surface area contributed by atoms with E-state index in [4.69, 9.17) is 0 Å². The van der Waals surface area contributed by atoms with Crippen LogP contribution in [0.4, 0.5) is 0 Å². The van der Waals surface area contributed by atoms with Gasteiger partial charge in [0.05, 0.1) is 10.8 Å². The number of para-hydroxylation sites is 1. The molecule has 0 saturated carbocycles. The van der Waals surface area contributed by atoms with Crippen molar-refractivity contribution in [2.75, 3.05) is 0 Å². The molecule has 4 heteroatoms. The number of nitrogens with zero attached hydrogens (tertiary/aromatic N) is 3. The standard InChI is InChI=1S/C23H17N3S/c1-3-10-18(11-4-1)22(19-12-5-2-6-13-19)27-23-25-24-21-16-15-17-9-7-8-14-20(17)26(21)23/h1-16,22H. The first-order valence-electron chi connectivity index (χ1n) is 8.89. The Morgan fingerprint density at radius 3 is 1.96 bits per heavy atom. The minimum absolute atomic E-state index is 0.152. The topological polar surface area (TPSA) is 30.2 Å². The van der Waals surface area contributed by atoms with Crippen molar-refractivity contribution >= 4 is 28.3 Å². The quantitative estimate of drug-likeness (QED) is 0.378. The molecule has 5 rings (SSSR count). The third-order valence-electron chi connectivity index (χ3n) is 4.68. The predicted octanol–water partition coefficient (Wildman–Crippen LogP) is 5.76. The fourth-order valence-corrected chi connectivity index (χ4v) is 4.56. The number of benzene rings is 3. The maximum absolute atomic E-state index is 4.51. The summed E-state index contributed by atoms with van der Waals surface area (Å²) in [6.45, 7) is 0. The number of thioether (sulfide) groups is 1. The van der Waals surface area contributed by atoms with Crippen LogP contribution in [0.3, 0.4) is 0 Å². The van der Waals surface area contributed by atoms with Crippen molar-refractivity contribution in [2.45, 2.75) is 10.4 Å². The van der Waals surface area contributed by atoms with E-state index >= 15 is 0 Å². The minimum Gasteiger partial charge on any atom is -0.270 e. The van der Waals surface area contributed by atoms with E-state index < -0.39 is 0 Å². The molecule has 0 amide bonds. The molecule has 0 aliphatic rings. The molecule has 0 unspecified atom stereocenters. The van der Waals surface area contributed by atoms with Crippen LogP contribution in [-0.4, -0.2) is 14.6 Å². The zero-order valence-corrected chi connectivity index (χ0v) is 15.4. The predicted molar refractivity (Wildman–Crippen MR) is 111 cm³/mol. The summed E-state index contributed by atoms with van der Waals surface area (Å²) in [5.41, 5.74) is 4.51. The molecule has 0 radical (unpaired) electrons. The second-order valence-corrected chi connectivity index (χ2v) is 7.46. The van der Waals surface area contributed by atoms with E-state index in [0.29, 0.717) is 0 Å². The second kappa shape index (κ2) is 6.89. The van der Waals surface area contributed by atoms with Crippen LogP contribution < -0.4 is 0 Å². The Kier molecular flexibility index (Phi) is 4.11. The molecule has 5 aromatic rings. The fourth-order valence-electron chi connectivity index (χ4n) is 3.38. The van der Waals surface area contributed by atoms with Gasteiger partial charge < -0.3 is 0 Å². The van der Waals surface area contributed by atoms with E-state index in [9.17, 15) is 0 Å². The smallest absolute Gasteiger partial charge is 0.197 e. The van der Waals surface area contributed by atoms with Gasteiger partial charge in [-0.1, -0.05) is 90.6 Å². The van der Waals surface area contributed by atoms with Crippen LogP contribution in [0, 0.1) is 0 Å². The SMILES string of the molecule is c1ccc(C(Sc2nnc3ccc4ccccc4n23)c2ccccc2)cc1. The van der Waals surface area contributed by atoms with E-state index in [1.807, 2.05) is 6.07 Å². The van der Waals surface area contributed by atoms with Crippen molar-refractivity contribution in [3.8, 4) is 0 Å². The molecule has 3 aromatic carbocycles. The Morgan fingerprint density at radius 2 is 1.26 bits per heavy atom. The van der Waals surface area contributed by atoms with Gasteiger partial charge in [-0.2, -0.15) is 0 Å². The summed E-state index contributed by atoms with van der Waals surface area (Å²) in [5, 5.41) is 11.2. The van der Waals surface area contributed by atoms with Crippen LogP contribution in [0.2, 0.25) is 0 Å². The first-order valence-corrected chi connectivity index (χ1v) is 9.77. The molecule has 0 aliphatic heterocycles. The molecule has 0 bridgehead atoms. The highest BCUT2D eigenvalue weighted by Crippen LogP contribution is 2.40. The van der Waals surface area contributed by atoms with Gasteiger partial charge in [0.15, 0.2) is 10.8 Å². The van der Waals surface area contributed by atoms with Crippen LogP contribution >= 0.6 is 11.8 Å². The average molecular weight is 367 g/mol. The van der Waals surface area contributed by atoms with Gasteiger partial charge in [0, 0.05) is 0 Å². The number of pyridine rings is 1. The summed E-state index contributed by atoms with van der Waals surface area (Å²) >= 11 is 1.74. The van der Waals surface area contributed by atoms with E-state index in [1.54, 1.807) is 11.8 Å². The van der Waals surface area contributed by atoms with Crippen molar-refractivity contribution in [2.24, 2.45) is 0 Å². The lowest BCUT2D eigenvalue weighted by atomic mass is 10.0. The van der Waals surface area contributed by atoms with Gasteiger partial charge in [0.25, 0.3) is 0 Å². The zero-order chi connectivity index (χ0) is 18.1. The van der Waals surface area contributed by atoms with Crippen molar-refractivity contribution in [3.63, 3.8) is 0 Å². The number of fused-ring (bicyclic) bond motifs is 3. The molecule has 130 valence electrons.